The zero-order chi connectivity index (χ0) is 10.6. The molecule has 0 aromatic heterocycles. The maximum atomic E-state index is 5.42. The second kappa shape index (κ2) is 6.80. The number of piperidine rings is 1. The van der Waals surface area contributed by atoms with Crippen molar-refractivity contribution in [2.45, 2.75) is 26.2 Å². The molecule has 2 aliphatic heterocycles. The minimum absolute atomic E-state index is 0. The number of hydrogen-bond donors (Lipinski definition) is 1. The summed E-state index contributed by atoms with van der Waals surface area (Å²) >= 11 is 0. The Kier molecular flexibility index (Phi) is 6.05. The van der Waals surface area contributed by atoms with Gasteiger partial charge in [0.25, 0.3) is 0 Å². The van der Waals surface area contributed by atoms with Crippen LogP contribution in [-0.4, -0.2) is 50.8 Å². The van der Waals surface area contributed by atoms with Gasteiger partial charge in [-0.1, -0.05) is 0 Å². The van der Waals surface area contributed by atoms with Gasteiger partial charge in [-0.2, -0.15) is 0 Å². The van der Waals surface area contributed by atoms with Crippen LogP contribution in [0.5, 0.6) is 0 Å². The number of ether oxygens (including phenoxy) is 1. The number of nitrogens with zero attached hydrogens (tertiary/aromatic N) is 1. The highest BCUT2D eigenvalue weighted by atomic mass is 35.5. The molecular formula is C12H25ClN2O. The summed E-state index contributed by atoms with van der Waals surface area (Å²) in [5, 5.41) is 3.46. The maximum Gasteiger partial charge on any atom is 0.0593 e. The number of rotatable bonds is 4. The van der Waals surface area contributed by atoms with Gasteiger partial charge < -0.3 is 15.0 Å². The van der Waals surface area contributed by atoms with Crippen LogP contribution in [0.4, 0.5) is 0 Å². The van der Waals surface area contributed by atoms with E-state index in [-0.39, 0.29) is 12.4 Å². The van der Waals surface area contributed by atoms with E-state index in [1.54, 1.807) is 0 Å². The highest BCUT2D eigenvalue weighted by molar-refractivity contribution is 5.85. The predicted molar refractivity (Wildman–Crippen MR) is 69.3 cm³/mol. The molecule has 2 fully saturated rings. The van der Waals surface area contributed by atoms with Crippen molar-refractivity contribution in [1.82, 2.24) is 10.2 Å². The van der Waals surface area contributed by atoms with Crippen LogP contribution < -0.4 is 5.32 Å². The quantitative estimate of drug-likeness (QED) is 0.764. The Morgan fingerprint density at radius 3 is 2.69 bits per heavy atom. The molecule has 0 aliphatic carbocycles. The topological polar surface area (TPSA) is 24.5 Å². The Morgan fingerprint density at radius 2 is 2.00 bits per heavy atom. The SMILES string of the molecule is CCOCCN1CCC2(CCNCC2)C1.Cl. The first-order chi connectivity index (χ1) is 7.35. The number of hydrogen-bond acceptors (Lipinski definition) is 3. The summed E-state index contributed by atoms with van der Waals surface area (Å²) in [6.45, 7) is 9.99. The summed E-state index contributed by atoms with van der Waals surface area (Å²) in [5.41, 5.74) is 0.650. The van der Waals surface area contributed by atoms with Crippen LogP contribution in [0.3, 0.4) is 0 Å². The van der Waals surface area contributed by atoms with E-state index in [0.717, 1.165) is 19.8 Å². The van der Waals surface area contributed by atoms with E-state index in [1.165, 1.54) is 45.4 Å². The van der Waals surface area contributed by atoms with Gasteiger partial charge in [-0.25, -0.2) is 0 Å². The highest BCUT2D eigenvalue weighted by Crippen LogP contribution is 2.38. The van der Waals surface area contributed by atoms with E-state index >= 15 is 0 Å². The van der Waals surface area contributed by atoms with Crippen LogP contribution in [0.25, 0.3) is 0 Å². The molecule has 0 atom stereocenters. The fourth-order valence-electron chi connectivity index (χ4n) is 2.92. The van der Waals surface area contributed by atoms with Crippen molar-refractivity contribution in [3.63, 3.8) is 0 Å². The summed E-state index contributed by atoms with van der Waals surface area (Å²) in [4.78, 5) is 2.58. The molecule has 2 heterocycles. The molecule has 2 rings (SSSR count). The molecule has 0 unspecified atom stereocenters. The zero-order valence-electron chi connectivity index (χ0n) is 10.3. The van der Waals surface area contributed by atoms with Gasteiger partial charge in [-0.3, -0.25) is 0 Å². The van der Waals surface area contributed by atoms with E-state index in [1.807, 2.05) is 0 Å². The molecule has 0 amide bonds. The second-order valence-electron chi connectivity index (χ2n) is 4.97. The lowest BCUT2D eigenvalue weighted by Crippen LogP contribution is -2.39. The van der Waals surface area contributed by atoms with Gasteiger partial charge in [0.1, 0.15) is 0 Å². The van der Waals surface area contributed by atoms with Gasteiger partial charge in [0.05, 0.1) is 6.61 Å². The van der Waals surface area contributed by atoms with Crippen molar-refractivity contribution in [2.75, 3.05) is 45.9 Å². The van der Waals surface area contributed by atoms with Crippen LogP contribution in [0.15, 0.2) is 0 Å². The van der Waals surface area contributed by atoms with E-state index in [4.69, 9.17) is 4.74 Å². The van der Waals surface area contributed by atoms with Gasteiger partial charge >= 0.3 is 0 Å². The Hall–Kier alpha value is 0.170. The smallest absolute Gasteiger partial charge is 0.0593 e. The number of nitrogens with one attached hydrogen (secondary N) is 1. The summed E-state index contributed by atoms with van der Waals surface area (Å²) in [6, 6.07) is 0. The average Bonchev–Trinajstić information content (AvgIpc) is 2.63. The van der Waals surface area contributed by atoms with Crippen LogP contribution in [0.1, 0.15) is 26.2 Å². The minimum Gasteiger partial charge on any atom is -0.380 e. The van der Waals surface area contributed by atoms with Crippen molar-refractivity contribution in [2.24, 2.45) is 5.41 Å². The first-order valence-corrected chi connectivity index (χ1v) is 6.35. The van der Waals surface area contributed by atoms with Crippen molar-refractivity contribution in [3.05, 3.63) is 0 Å². The lowest BCUT2D eigenvalue weighted by Gasteiger charge is -2.33. The van der Waals surface area contributed by atoms with Crippen molar-refractivity contribution >= 4 is 12.4 Å². The van der Waals surface area contributed by atoms with E-state index in [9.17, 15) is 0 Å². The monoisotopic (exact) mass is 248 g/mol. The molecule has 1 spiro atoms. The molecule has 0 aromatic rings. The van der Waals surface area contributed by atoms with Crippen LogP contribution in [0.2, 0.25) is 0 Å². The normalized spacial score (nSPS) is 24.6. The molecule has 0 aromatic carbocycles. The van der Waals surface area contributed by atoms with Gasteiger partial charge in [0.15, 0.2) is 0 Å². The Balaban J connectivity index is 0.00000128. The molecular weight excluding hydrogens is 224 g/mol. The molecule has 3 nitrogen and oxygen atoms in total. The fraction of sp³-hybridized carbons (Fsp3) is 1.00. The molecule has 96 valence electrons. The summed E-state index contributed by atoms with van der Waals surface area (Å²) in [7, 11) is 0. The predicted octanol–water partition coefficient (Wildman–Crippen LogP) is 1.52. The van der Waals surface area contributed by atoms with E-state index in [2.05, 4.69) is 17.1 Å². The molecule has 0 radical (unpaired) electrons. The first-order valence-electron chi connectivity index (χ1n) is 6.35. The maximum absolute atomic E-state index is 5.42. The van der Waals surface area contributed by atoms with Gasteiger partial charge in [0.2, 0.25) is 0 Å². The van der Waals surface area contributed by atoms with E-state index in [0.29, 0.717) is 5.41 Å². The minimum atomic E-state index is 0. The molecule has 4 heteroatoms. The Bertz CT molecular complexity index is 193. The summed E-state index contributed by atoms with van der Waals surface area (Å²) < 4.78 is 5.42. The largest absolute Gasteiger partial charge is 0.380 e. The van der Waals surface area contributed by atoms with Gasteiger partial charge in [0, 0.05) is 19.7 Å². The molecule has 1 N–H and O–H groups in total. The lowest BCUT2D eigenvalue weighted by molar-refractivity contribution is 0.113. The lowest BCUT2D eigenvalue weighted by atomic mass is 9.78. The number of likely N-dealkylation sites (tertiary alicyclic amines) is 1. The molecule has 0 saturated carbocycles. The summed E-state index contributed by atoms with van der Waals surface area (Å²) in [6.07, 6.45) is 4.15. The van der Waals surface area contributed by atoms with E-state index < -0.39 is 0 Å². The van der Waals surface area contributed by atoms with Crippen LogP contribution in [0, 0.1) is 5.41 Å². The molecule has 2 aliphatic rings. The zero-order valence-corrected chi connectivity index (χ0v) is 11.2. The van der Waals surface area contributed by atoms with Gasteiger partial charge in [-0.05, 0) is 51.2 Å². The molecule has 0 bridgehead atoms. The molecule has 16 heavy (non-hydrogen) atoms. The van der Waals surface area contributed by atoms with Crippen molar-refractivity contribution < 1.29 is 4.74 Å². The Labute approximate surface area is 105 Å². The Morgan fingerprint density at radius 1 is 1.25 bits per heavy atom. The van der Waals surface area contributed by atoms with Crippen LogP contribution in [-0.2, 0) is 4.74 Å². The third kappa shape index (κ3) is 3.59. The molecule has 2 saturated heterocycles. The first kappa shape index (κ1) is 14.2. The second-order valence-corrected chi connectivity index (χ2v) is 4.97. The highest BCUT2D eigenvalue weighted by Gasteiger charge is 2.38. The fourth-order valence-corrected chi connectivity index (χ4v) is 2.92. The third-order valence-corrected chi connectivity index (χ3v) is 3.94. The van der Waals surface area contributed by atoms with Crippen molar-refractivity contribution in [1.29, 1.82) is 0 Å². The summed E-state index contributed by atoms with van der Waals surface area (Å²) in [5.74, 6) is 0. The van der Waals surface area contributed by atoms with Gasteiger partial charge in [-0.15, -0.1) is 12.4 Å². The van der Waals surface area contributed by atoms with Crippen LogP contribution >= 0.6 is 12.4 Å². The van der Waals surface area contributed by atoms with Crippen molar-refractivity contribution in [3.8, 4) is 0 Å². The number of halogens is 1. The average molecular weight is 249 g/mol. The third-order valence-electron chi connectivity index (χ3n) is 3.94. The standard InChI is InChI=1S/C12H24N2O.ClH/c1-2-15-10-9-14-8-5-12(11-14)3-6-13-7-4-12;/h13H,2-11H2,1H3;1H.